The van der Waals surface area contributed by atoms with Crippen molar-refractivity contribution in [3.63, 3.8) is 0 Å². The van der Waals surface area contributed by atoms with Gasteiger partial charge in [0, 0.05) is 19.6 Å². The van der Waals surface area contributed by atoms with Crippen LogP contribution in [0.5, 0.6) is 0 Å². The number of rotatable bonds is 5. The summed E-state index contributed by atoms with van der Waals surface area (Å²) in [5.41, 5.74) is 5.45. The molecule has 0 aliphatic carbocycles. The van der Waals surface area contributed by atoms with Crippen molar-refractivity contribution in [2.24, 2.45) is 5.73 Å². The Kier molecular flexibility index (Phi) is 7.20. The van der Waals surface area contributed by atoms with Crippen LogP contribution in [0.1, 0.15) is 18.1 Å². The zero-order valence-corrected chi connectivity index (χ0v) is 16.5. The lowest BCUT2D eigenvalue weighted by atomic mass is 10.4. The maximum atomic E-state index is 12.7. The standard InChI is InChI=1S/C13H18ClN5O3S2.ClH/c14-10-2-3-13(23-10)24(20,21)19-5-1-4-18(6-7-19)9-11-16-12(8-15)22-17-11;/h2-3H,1,4-9,15H2;1H. The largest absolute Gasteiger partial charge is 0.338 e. The highest BCUT2D eigenvalue weighted by atomic mass is 35.5. The van der Waals surface area contributed by atoms with Crippen molar-refractivity contribution in [3.8, 4) is 0 Å². The molecule has 1 fully saturated rings. The molecule has 0 radical (unpaired) electrons. The van der Waals surface area contributed by atoms with E-state index in [2.05, 4.69) is 15.0 Å². The number of halogens is 2. The Labute approximate surface area is 161 Å². The third kappa shape index (κ3) is 4.91. The fourth-order valence-electron chi connectivity index (χ4n) is 2.55. The van der Waals surface area contributed by atoms with Gasteiger partial charge in [-0.3, -0.25) is 4.90 Å². The van der Waals surface area contributed by atoms with E-state index in [1.807, 2.05) is 0 Å². The maximum Gasteiger partial charge on any atom is 0.252 e. The van der Waals surface area contributed by atoms with E-state index in [9.17, 15) is 8.42 Å². The van der Waals surface area contributed by atoms with Gasteiger partial charge in [0.2, 0.25) is 5.89 Å². The summed E-state index contributed by atoms with van der Waals surface area (Å²) in [5, 5.41) is 3.88. The van der Waals surface area contributed by atoms with Gasteiger partial charge in [0.25, 0.3) is 10.0 Å². The van der Waals surface area contributed by atoms with Crippen molar-refractivity contribution < 1.29 is 12.9 Å². The number of aromatic nitrogens is 2. The summed E-state index contributed by atoms with van der Waals surface area (Å²) in [4.78, 5) is 6.30. The number of hydrogen-bond donors (Lipinski definition) is 1. The van der Waals surface area contributed by atoms with Crippen molar-refractivity contribution in [1.29, 1.82) is 0 Å². The van der Waals surface area contributed by atoms with Gasteiger partial charge in [-0.05, 0) is 25.1 Å². The molecule has 0 aromatic carbocycles. The predicted molar refractivity (Wildman–Crippen MR) is 97.4 cm³/mol. The Hall–Kier alpha value is -0.750. The van der Waals surface area contributed by atoms with Gasteiger partial charge < -0.3 is 10.3 Å². The van der Waals surface area contributed by atoms with E-state index in [4.69, 9.17) is 21.9 Å². The number of sulfonamides is 1. The van der Waals surface area contributed by atoms with Gasteiger partial charge in [-0.25, -0.2) is 8.42 Å². The van der Waals surface area contributed by atoms with E-state index < -0.39 is 10.0 Å². The highest BCUT2D eigenvalue weighted by Crippen LogP contribution is 2.28. The molecule has 140 valence electrons. The van der Waals surface area contributed by atoms with E-state index in [1.54, 1.807) is 12.1 Å². The van der Waals surface area contributed by atoms with Crippen molar-refractivity contribution >= 4 is 45.4 Å². The molecule has 0 spiro atoms. The Morgan fingerprint density at radius 3 is 2.72 bits per heavy atom. The Bertz CT molecular complexity index is 795. The molecule has 3 heterocycles. The van der Waals surface area contributed by atoms with E-state index in [1.165, 1.54) is 4.31 Å². The fourth-order valence-corrected chi connectivity index (χ4v) is 5.65. The van der Waals surface area contributed by atoms with Gasteiger partial charge in [-0.2, -0.15) is 9.29 Å². The maximum absolute atomic E-state index is 12.7. The van der Waals surface area contributed by atoms with Gasteiger partial charge in [-0.1, -0.05) is 16.8 Å². The lowest BCUT2D eigenvalue weighted by molar-refractivity contribution is 0.266. The molecule has 8 nitrogen and oxygen atoms in total. The molecule has 2 aromatic heterocycles. The Morgan fingerprint density at radius 1 is 1.28 bits per heavy atom. The second-order valence-electron chi connectivity index (χ2n) is 5.40. The second-order valence-corrected chi connectivity index (χ2v) is 9.28. The van der Waals surface area contributed by atoms with Crippen LogP contribution in [0.2, 0.25) is 4.34 Å². The summed E-state index contributed by atoms with van der Waals surface area (Å²) in [6.07, 6.45) is 0.736. The molecule has 1 aliphatic heterocycles. The monoisotopic (exact) mass is 427 g/mol. The molecule has 1 aliphatic rings. The molecular formula is C13H19Cl2N5O3S2. The average molecular weight is 428 g/mol. The molecule has 0 bridgehead atoms. The van der Waals surface area contributed by atoms with Crippen molar-refractivity contribution in [3.05, 3.63) is 28.2 Å². The topological polar surface area (TPSA) is 106 Å². The smallest absolute Gasteiger partial charge is 0.252 e. The zero-order valence-electron chi connectivity index (χ0n) is 13.3. The van der Waals surface area contributed by atoms with Gasteiger partial charge in [0.1, 0.15) is 4.21 Å². The van der Waals surface area contributed by atoms with Crippen LogP contribution in [0, 0.1) is 0 Å². The van der Waals surface area contributed by atoms with Crippen molar-refractivity contribution in [1.82, 2.24) is 19.3 Å². The predicted octanol–water partition coefficient (Wildman–Crippen LogP) is 1.56. The SMILES string of the molecule is Cl.NCc1nc(CN2CCCN(S(=O)(=O)c3ccc(Cl)s3)CC2)no1. The first kappa shape index (κ1) is 20.6. The van der Waals surface area contributed by atoms with E-state index in [0.717, 1.165) is 24.3 Å². The number of thiophene rings is 1. The molecule has 2 N–H and O–H groups in total. The van der Waals surface area contributed by atoms with Crippen LogP contribution in [0.4, 0.5) is 0 Å². The van der Waals surface area contributed by atoms with Crippen molar-refractivity contribution in [2.75, 3.05) is 26.2 Å². The quantitative estimate of drug-likeness (QED) is 0.771. The lowest BCUT2D eigenvalue weighted by Crippen LogP contribution is -2.34. The Morgan fingerprint density at radius 2 is 2.08 bits per heavy atom. The van der Waals surface area contributed by atoms with Crippen LogP contribution in [0.3, 0.4) is 0 Å². The van der Waals surface area contributed by atoms with Crippen LogP contribution >= 0.6 is 35.3 Å². The van der Waals surface area contributed by atoms with Crippen LogP contribution in [0.25, 0.3) is 0 Å². The third-order valence-electron chi connectivity index (χ3n) is 3.74. The fraction of sp³-hybridized carbons (Fsp3) is 0.538. The van der Waals surface area contributed by atoms with E-state index in [-0.39, 0.29) is 23.2 Å². The second kappa shape index (κ2) is 8.76. The van der Waals surface area contributed by atoms with Crippen LogP contribution in [-0.4, -0.2) is 53.9 Å². The first-order valence-electron chi connectivity index (χ1n) is 7.48. The van der Waals surface area contributed by atoms with Gasteiger partial charge in [0.05, 0.1) is 17.4 Å². The Balaban J connectivity index is 0.00000225. The minimum atomic E-state index is -3.49. The molecule has 0 amide bonds. The lowest BCUT2D eigenvalue weighted by Gasteiger charge is -2.20. The molecular weight excluding hydrogens is 409 g/mol. The summed E-state index contributed by atoms with van der Waals surface area (Å²) in [6.45, 7) is 2.99. The van der Waals surface area contributed by atoms with Crippen molar-refractivity contribution in [2.45, 2.75) is 23.7 Å². The highest BCUT2D eigenvalue weighted by Gasteiger charge is 2.28. The number of nitrogens with zero attached hydrogens (tertiary/aromatic N) is 4. The first-order chi connectivity index (χ1) is 11.5. The van der Waals surface area contributed by atoms with Gasteiger partial charge >= 0.3 is 0 Å². The number of nitrogens with two attached hydrogens (primary N) is 1. The van der Waals surface area contributed by atoms with Gasteiger partial charge in [-0.15, -0.1) is 23.7 Å². The number of hydrogen-bond acceptors (Lipinski definition) is 8. The molecule has 12 heteroatoms. The molecule has 3 rings (SSSR count). The summed E-state index contributed by atoms with van der Waals surface area (Å²) in [5.74, 6) is 0.968. The van der Waals surface area contributed by atoms with E-state index >= 15 is 0 Å². The highest BCUT2D eigenvalue weighted by molar-refractivity contribution is 7.91. The minimum Gasteiger partial charge on any atom is -0.338 e. The molecule has 25 heavy (non-hydrogen) atoms. The minimum absolute atomic E-state index is 0. The summed E-state index contributed by atoms with van der Waals surface area (Å²) < 4.78 is 32.6. The van der Waals surface area contributed by atoms with Crippen LogP contribution in [-0.2, 0) is 23.1 Å². The normalized spacial score (nSPS) is 17.2. The molecule has 0 atom stereocenters. The molecule has 2 aromatic rings. The van der Waals surface area contributed by atoms with Crippen LogP contribution in [0.15, 0.2) is 20.9 Å². The molecule has 0 unspecified atom stereocenters. The van der Waals surface area contributed by atoms with E-state index in [0.29, 0.717) is 42.2 Å². The molecule has 1 saturated heterocycles. The summed E-state index contributed by atoms with van der Waals surface area (Å²) in [6, 6.07) is 3.16. The average Bonchev–Trinajstić information content (AvgIpc) is 3.12. The first-order valence-corrected chi connectivity index (χ1v) is 10.1. The van der Waals surface area contributed by atoms with Gasteiger partial charge in [0.15, 0.2) is 5.82 Å². The van der Waals surface area contributed by atoms with Crippen LogP contribution < -0.4 is 5.73 Å². The summed E-state index contributed by atoms with van der Waals surface area (Å²) >= 11 is 6.94. The summed E-state index contributed by atoms with van der Waals surface area (Å²) in [7, 11) is -3.49. The molecule has 0 saturated carbocycles. The third-order valence-corrected chi connectivity index (χ3v) is 7.34. The zero-order chi connectivity index (χ0) is 17.2.